The van der Waals surface area contributed by atoms with Crippen LogP contribution >= 0.6 is 11.6 Å². The number of anilines is 3. The number of rotatable bonds is 9. The molecule has 3 aromatic carbocycles. The maximum Gasteiger partial charge on any atom is 0.294 e. The van der Waals surface area contributed by atoms with E-state index < -0.39 is 21.8 Å². The molecule has 45 heavy (non-hydrogen) atoms. The average molecular weight is 653 g/mol. The summed E-state index contributed by atoms with van der Waals surface area (Å²) in [4.78, 5) is 41.5. The number of nitrogens with one attached hydrogen (secondary N) is 2. The van der Waals surface area contributed by atoms with Gasteiger partial charge in [0.15, 0.2) is 0 Å². The first-order valence-electron chi connectivity index (χ1n) is 13.7. The molecule has 1 unspecified atom stereocenters. The number of ether oxygens (including phenoxy) is 1. The highest BCUT2D eigenvalue weighted by Crippen LogP contribution is 2.38. The van der Waals surface area contributed by atoms with Crippen LogP contribution in [0.5, 0.6) is 5.75 Å². The summed E-state index contributed by atoms with van der Waals surface area (Å²) in [7, 11) is 0.260. The Morgan fingerprint density at radius 1 is 1.09 bits per heavy atom. The van der Waals surface area contributed by atoms with Crippen molar-refractivity contribution in [3.63, 3.8) is 0 Å². The fourth-order valence-electron chi connectivity index (χ4n) is 5.05. The Labute approximate surface area is 265 Å². The summed E-state index contributed by atoms with van der Waals surface area (Å²) in [6.07, 6.45) is 1.48. The number of hydrogen-bond acceptors (Lipinski definition) is 9. The number of nitro benzene ring substituents is 1. The van der Waals surface area contributed by atoms with Crippen molar-refractivity contribution in [1.82, 2.24) is 10.1 Å². The van der Waals surface area contributed by atoms with Crippen molar-refractivity contribution in [3.05, 3.63) is 92.7 Å². The molecule has 1 aliphatic heterocycles. The lowest BCUT2D eigenvalue weighted by Crippen LogP contribution is -2.49. The second kappa shape index (κ2) is 13.4. The number of aryl methyl sites for hydroxylation is 1. The fourth-order valence-corrected chi connectivity index (χ4v) is 5.80. The van der Waals surface area contributed by atoms with Gasteiger partial charge in [-0.05, 0) is 49.4 Å². The highest BCUT2D eigenvalue weighted by molar-refractivity contribution is 7.85. The number of aromatic nitrogens is 1. The van der Waals surface area contributed by atoms with Crippen molar-refractivity contribution in [2.75, 3.05) is 54.5 Å². The zero-order chi connectivity index (χ0) is 32.2. The summed E-state index contributed by atoms with van der Waals surface area (Å²) in [6.45, 7) is 3.08. The molecule has 0 aliphatic carbocycles. The number of halogens is 1. The summed E-state index contributed by atoms with van der Waals surface area (Å²) >= 11 is 6.51. The first kappa shape index (κ1) is 31.5. The Balaban J connectivity index is 1.33. The minimum Gasteiger partial charge on any atom is -0.496 e. The van der Waals surface area contributed by atoms with Gasteiger partial charge in [0.1, 0.15) is 39.4 Å². The Bertz CT molecular complexity index is 1790. The van der Waals surface area contributed by atoms with Crippen molar-refractivity contribution in [1.29, 1.82) is 0 Å². The third-order valence-electron chi connectivity index (χ3n) is 7.26. The van der Waals surface area contributed by atoms with Crippen LogP contribution in [-0.4, -0.2) is 70.5 Å². The molecule has 1 aromatic heterocycles. The number of benzene rings is 3. The molecular weight excluding hydrogens is 624 g/mol. The fraction of sp³-hybridized carbons (Fsp3) is 0.233. The minimum absolute atomic E-state index is 0.0266. The summed E-state index contributed by atoms with van der Waals surface area (Å²) in [6, 6.07) is 16.1. The van der Waals surface area contributed by atoms with E-state index in [1.54, 1.807) is 43.2 Å². The molecule has 1 saturated heterocycles. The maximum absolute atomic E-state index is 13.7. The monoisotopic (exact) mass is 652 g/mol. The molecule has 4 aromatic rings. The van der Waals surface area contributed by atoms with E-state index in [-0.39, 0.29) is 27.9 Å². The van der Waals surface area contributed by atoms with Crippen LogP contribution in [0.3, 0.4) is 0 Å². The largest absolute Gasteiger partial charge is 0.496 e. The highest BCUT2D eigenvalue weighted by Gasteiger charge is 2.31. The summed E-state index contributed by atoms with van der Waals surface area (Å²) in [5, 5.41) is 18.7. The SMILES string of the molecule is COc1ccccc1-c1noc(C)c1C(=O)N1CCN(c2cc(NC(=O)c3ccc(NS(C)=O)cc3)c([N+](=O)[O-])cc2Cl)CC1. The molecule has 5 rings (SSSR count). The molecule has 2 heterocycles. The van der Waals surface area contributed by atoms with Crippen molar-refractivity contribution in [2.24, 2.45) is 0 Å². The first-order chi connectivity index (χ1) is 21.6. The van der Waals surface area contributed by atoms with Crippen molar-refractivity contribution >= 4 is 57.2 Å². The molecule has 15 heteroatoms. The molecule has 0 bridgehead atoms. The van der Waals surface area contributed by atoms with Gasteiger partial charge in [0.25, 0.3) is 17.5 Å². The van der Waals surface area contributed by atoms with Gasteiger partial charge in [-0.2, -0.15) is 0 Å². The predicted octanol–water partition coefficient (Wildman–Crippen LogP) is 5.14. The highest BCUT2D eigenvalue weighted by atomic mass is 35.5. The molecule has 1 fully saturated rings. The number of amides is 2. The topological polar surface area (TPSA) is 160 Å². The van der Waals surface area contributed by atoms with E-state index in [1.807, 2.05) is 17.0 Å². The number of nitrogens with zero attached hydrogens (tertiary/aromatic N) is 4. The number of piperazine rings is 1. The van der Waals surface area contributed by atoms with Crippen molar-refractivity contribution < 1.29 is 28.0 Å². The van der Waals surface area contributed by atoms with Crippen LogP contribution in [-0.2, 0) is 11.0 Å². The van der Waals surface area contributed by atoms with Crippen molar-refractivity contribution in [2.45, 2.75) is 6.92 Å². The molecule has 2 N–H and O–H groups in total. The van der Waals surface area contributed by atoms with E-state index in [2.05, 4.69) is 15.2 Å². The number of carbonyl (C=O) groups excluding carboxylic acids is 2. The summed E-state index contributed by atoms with van der Waals surface area (Å²) in [5.41, 5.74) is 2.26. The van der Waals surface area contributed by atoms with Gasteiger partial charge < -0.3 is 29.1 Å². The zero-order valence-corrected chi connectivity index (χ0v) is 26.1. The van der Waals surface area contributed by atoms with E-state index in [1.165, 1.54) is 30.5 Å². The van der Waals surface area contributed by atoms with Crippen LogP contribution in [0.15, 0.2) is 65.2 Å². The van der Waals surface area contributed by atoms with Crippen LogP contribution in [0.2, 0.25) is 5.02 Å². The number of methoxy groups -OCH3 is 1. The molecule has 1 atom stereocenters. The molecule has 0 spiro atoms. The standard InChI is InChI=1S/C30H29ClN6O7S/c1-18-27(28(33-44-18)21-6-4-5-7-26(21)43-2)30(39)36-14-12-35(13-15-36)24-17-23(25(37(40)41)16-22(24)31)32-29(38)19-8-10-20(11-9-19)34-45(3)42/h4-11,16-17,34H,12-15H2,1-3H3,(H,32,38). The average Bonchev–Trinajstić information content (AvgIpc) is 3.42. The molecule has 1 aliphatic rings. The summed E-state index contributed by atoms with van der Waals surface area (Å²) in [5.74, 6) is 0.126. The van der Waals surface area contributed by atoms with Gasteiger partial charge in [0.2, 0.25) is 0 Å². The van der Waals surface area contributed by atoms with Gasteiger partial charge in [-0.3, -0.25) is 19.7 Å². The van der Waals surface area contributed by atoms with Gasteiger partial charge in [-0.25, -0.2) is 4.21 Å². The Hall–Kier alpha value is -4.95. The molecule has 0 saturated carbocycles. The van der Waals surface area contributed by atoms with Gasteiger partial charge >= 0.3 is 0 Å². The van der Waals surface area contributed by atoms with E-state index in [9.17, 15) is 23.9 Å². The normalized spacial score (nSPS) is 13.7. The number of nitro groups is 1. The van der Waals surface area contributed by atoms with Crippen LogP contribution in [0.4, 0.5) is 22.7 Å². The second-order valence-electron chi connectivity index (χ2n) is 10.1. The molecular formula is C30H29ClN6O7S. The van der Waals surface area contributed by atoms with Crippen LogP contribution in [0.25, 0.3) is 11.3 Å². The van der Waals surface area contributed by atoms with Gasteiger partial charge in [0.05, 0.1) is 22.7 Å². The quantitative estimate of drug-likeness (QED) is 0.184. The van der Waals surface area contributed by atoms with Gasteiger partial charge in [-0.15, -0.1) is 0 Å². The Morgan fingerprint density at radius 2 is 1.78 bits per heavy atom. The van der Waals surface area contributed by atoms with Gasteiger partial charge in [0, 0.05) is 55.3 Å². The maximum atomic E-state index is 13.7. The lowest BCUT2D eigenvalue weighted by Gasteiger charge is -2.36. The lowest BCUT2D eigenvalue weighted by molar-refractivity contribution is -0.383. The second-order valence-corrected chi connectivity index (χ2v) is 11.6. The third kappa shape index (κ3) is 6.76. The number of carbonyl (C=O) groups is 2. The van der Waals surface area contributed by atoms with Crippen LogP contribution in [0.1, 0.15) is 26.5 Å². The lowest BCUT2D eigenvalue weighted by atomic mass is 10.0. The number of hydrogen-bond donors (Lipinski definition) is 2. The predicted molar refractivity (Wildman–Crippen MR) is 172 cm³/mol. The first-order valence-corrected chi connectivity index (χ1v) is 15.6. The smallest absolute Gasteiger partial charge is 0.294 e. The molecule has 13 nitrogen and oxygen atoms in total. The minimum atomic E-state index is -1.28. The molecule has 234 valence electrons. The van der Waals surface area contributed by atoms with Gasteiger partial charge in [-0.1, -0.05) is 28.9 Å². The van der Waals surface area contributed by atoms with Crippen LogP contribution < -0.4 is 19.7 Å². The Kier molecular flexibility index (Phi) is 9.34. The third-order valence-corrected chi connectivity index (χ3v) is 8.09. The zero-order valence-electron chi connectivity index (χ0n) is 24.5. The van der Waals surface area contributed by atoms with E-state index in [4.69, 9.17) is 20.9 Å². The Morgan fingerprint density at radius 3 is 2.42 bits per heavy atom. The van der Waals surface area contributed by atoms with Crippen molar-refractivity contribution in [3.8, 4) is 17.0 Å². The van der Waals surface area contributed by atoms with E-state index in [0.29, 0.717) is 65.9 Å². The van der Waals surface area contributed by atoms with Crippen LogP contribution in [0, 0.1) is 17.0 Å². The van der Waals surface area contributed by atoms with E-state index in [0.717, 1.165) is 0 Å². The number of para-hydroxylation sites is 1. The van der Waals surface area contributed by atoms with E-state index >= 15 is 0 Å². The summed E-state index contributed by atoms with van der Waals surface area (Å²) < 4.78 is 25.0. The molecule has 2 amide bonds. The molecule has 0 radical (unpaired) electrons.